The van der Waals surface area contributed by atoms with Crippen molar-refractivity contribution in [2.45, 2.75) is 13.8 Å². The molecule has 0 N–H and O–H groups in total. The van der Waals surface area contributed by atoms with Gasteiger partial charge in [0, 0.05) is 33.5 Å². The summed E-state index contributed by atoms with van der Waals surface area (Å²) in [6.07, 6.45) is 0. The highest BCUT2D eigenvalue weighted by Crippen LogP contribution is 2.44. The predicted octanol–water partition coefficient (Wildman–Crippen LogP) is 6.07. The fourth-order valence-corrected chi connectivity index (χ4v) is 3.66. The third-order valence-electron chi connectivity index (χ3n) is 4.29. The Labute approximate surface area is 164 Å². The van der Waals surface area contributed by atoms with E-state index in [4.69, 9.17) is 11.6 Å². The van der Waals surface area contributed by atoms with E-state index < -0.39 is 0 Å². The second-order valence-electron chi connectivity index (χ2n) is 5.73. The summed E-state index contributed by atoms with van der Waals surface area (Å²) in [7, 11) is 0. The quantitative estimate of drug-likeness (QED) is 0.361. The van der Waals surface area contributed by atoms with E-state index >= 15 is 0 Å². The van der Waals surface area contributed by atoms with Crippen LogP contribution in [0.5, 0.6) is 0 Å². The van der Waals surface area contributed by atoms with Crippen LogP contribution < -0.4 is 4.90 Å². The minimum absolute atomic E-state index is 0.0209. The molecule has 0 amide bonds. The Morgan fingerprint density at radius 1 is 1.19 bits per heavy atom. The fourth-order valence-electron chi connectivity index (χ4n) is 3.07. The number of anilines is 1. The van der Waals surface area contributed by atoms with Gasteiger partial charge in [0.2, 0.25) is 5.82 Å². The number of aromatic nitrogens is 1. The molecule has 0 radical (unpaired) electrons. The molecule has 26 heavy (non-hydrogen) atoms. The summed E-state index contributed by atoms with van der Waals surface area (Å²) in [5.41, 5.74) is 1.79. The standard InChI is InChI=1S/C19H17BrClN3O2/c1-3-23(4-2)19-18(24(25)26)17(13-7-5-6-8-15(13)21)14-11-12(20)9-10-16(14)22-19/h5-11H,3-4H2,1-2H3. The van der Waals surface area contributed by atoms with Crippen LogP contribution in [0.3, 0.4) is 0 Å². The summed E-state index contributed by atoms with van der Waals surface area (Å²) in [6.45, 7) is 5.15. The monoisotopic (exact) mass is 433 g/mol. The van der Waals surface area contributed by atoms with E-state index in [1.54, 1.807) is 12.1 Å². The number of nitro groups is 1. The zero-order valence-electron chi connectivity index (χ0n) is 14.4. The van der Waals surface area contributed by atoms with Crippen LogP contribution in [0.15, 0.2) is 46.9 Å². The van der Waals surface area contributed by atoms with Crippen molar-refractivity contribution in [3.8, 4) is 11.1 Å². The summed E-state index contributed by atoms with van der Waals surface area (Å²) >= 11 is 9.86. The van der Waals surface area contributed by atoms with Crippen LogP contribution in [0.2, 0.25) is 5.02 Å². The number of pyridine rings is 1. The lowest BCUT2D eigenvalue weighted by atomic mass is 9.98. The van der Waals surface area contributed by atoms with E-state index in [2.05, 4.69) is 20.9 Å². The van der Waals surface area contributed by atoms with Crippen LogP contribution in [0.4, 0.5) is 11.5 Å². The van der Waals surface area contributed by atoms with Gasteiger partial charge in [-0.25, -0.2) is 4.98 Å². The predicted molar refractivity (Wildman–Crippen MR) is 110 cm³/mol. The molecular weight excluding hydrogens is 418 g/mol. The van der Waals surface area contributed by atoms with E-state index in [1.165, 1.54) is 0 Å². The average molecular weight is 435 g/mol. The highest BCUT2D eigenvalue weighted by molar-refractivity contribution is 9.10. The smallest absolute Gasteiger partial charge is 0.320 e. The van der Waals surface area contributed by atoms with E-state index in [0.717, 1.165) is 4.47 Å². The van der Waals surface area contributed by atoms with Gasteiger partial charge in [0.15, 0.2) is 0 Å². The Morgan fingerprint density at radius 2 is 1.88 bits per heavy atom. The number of nitrogens with zero attached hydrogens (tertiary/aromatic N) is 3. The summed E-state index contributed by atoms with van der Waals surface area (Å²) in [4.78, 5) is 18.2. The molecule has 3 aromatic rings. The van der Waals surface area contributed by atoms with Gasteiger partial charge in [0.25, 0.3) is 0 Å². The number of hydrogen-bond donors (Lipinski definition) is 0. The van der Waals surface area contributed by atoms with Gasteiger partial charge in [-0.1, -0.05) is 45.7 Å². The first-order valence-electron chi connectivity index (χ1n) is 8.25. The largest absolute Gasteiger partial charge is 0.351 e. The maximum absolute atomic E-state index is 12.1. The Hall–Kier alpha value is -2.18. The molecule has 7 heteroatoms. The zero-order chi connectivity index (χ0) is 18.8. The molecule has 0 spiro atoms. The number of halogens is 2. The molecule has 0 aliphatic rings. The van der Waals surface area contributed by atoms with Gasteiger partial charge in [-0.05, 0) is 38.1 Å². The normalized spacial score (nSPS) is 10.9. The Balaban J connectivity index is 2.52. The van der Waals surface area contributed by atoms with Crippen molar-refractivity contribution < 1.29 is 4.92 Å². The molecule has 0 unspecified atom stereocenters. The molecule has 2 aromatic carbocycles. The summed E-state index contributed by atoms with van der Waals surface area (Å²) < 4.78 is 0.824. The van der Waals surface area contributed by atoms with E-state index in [1.807, 2.05) is 49.1 Å². The third-order valence-corrected chi connectivity index (χ3v) is 5.11. The van der Waals surface area contributed by atoms with Gasteiger partial charge >= 0.3 is 5.69 Å². The SMILES string of the molecule is CCN(CC)c1nc2ccc(Br)cc2c(-c2ccccc2Cl)c1[N+](=O)[O-]. The molecule has 3 rings (SSSR count). The average Bonchev–Trinajstić information content (AvgIpc) is 2.62. The van der Waals surface area contributed by atoms with E-state index in [9.17, 15) is 10.1 Å². The van der Waals surface area contributed by atoms with Crippen molar-refractivity contribution in [1.29, 1.82) is 0 Å². The van der Waals surface area contributed by atoms with Gasteiger partial charge in [-0.2, -0.15) is 0 Å². The number of rotatable bonds is 5. The zero-order valence-corrected chi connectivity index (χ0v) is 16.7. The second kappa shape index (κ2) is 7.60. The van der Waals surface area contributed by atoms with Gasteiger partial charge in [-0.15, -0.1) is 0 Å². The van der Waals surface area contributed by atoms with Crippen molar-refractivity contribution in [3.63, 3.8) is 0 Å². The number of hydrogen-bond acceptors (Lipinski definition) is 4. The Morgan fingerprint density at radius 3 is 2.50 bits per heavy atom. The topological polar surface area (TPSA) is 59.3 Å². The maximum Gasteiger partial charge on any atom is 0.320 e. The van der Waals surface area contributed by atoms with E-state index in [0.29, 0.717) is 46.0 Å². The van der Waals surface area contributed by atoms with Gasteiger partial charge in [-0.3, -0.25) is 10.1 Å². The molecule has 0 saturated heterocycles. The molecule has 1 aromatic heterocycles. The van der Waals surface area contributed by atoms with Gasteiger partial charge < -0.3 is 4.90 Å². The van der Waals surface area contributed by atoms with Crippen molar-refractivity contribution in [3.05, 3.63) is 62.1 Å². The number of fused-ring (bicyclic) bond motifs is 1. The van der Waals surface area contributed by atoms with Crippen LogP contribution in [0.25, 0.3) is 22.0 Å². The molecular formula is C19H17BrClN3O2. The minimum atomic E-state index is -0.361. The van der Waals surface area contributed by atoms with Gasteiger partial charge in [0.05, 0.1) is 16.0 Å². The van der Waals surface area contributed by atoms with Crippen molar-refractivity contribution in [2.24, 2.45) is 0 Å². The van der Waals surface area contributed by atoms with Crippen LogP contribution in [0.1, 0.15) is 13.8 Å². The molecule has 1 heterocycles. The summed E-state index contributed by atoms with van der Waals surface area (Å²) in [6, 6.07) is 12.8. The molecule has 0 bridgehead atoms. The first-order valence-corrected chi connectivity index (χ1v) is 9.42. The lowest BCUT2D eigenvalue weighted by molar-refractivity contribution is -0.383. The van der Waals surface area contributed by atoms with Crippen molar-refractivity contribution in [2.75, 3.05) is 18.0 Å². The first-order chi connectivity index (χ1) is 12.5. The highest BCUT2D eigenvalue weighted by atomic mass is 79.9. The van der Waals surface area contributed by atoms with Crippen molar-refractivity contribution >= 4 is 49.9 Å². The molecule has 5 nitrogen and oxygen atoms in total. The molecule has 0 aliphatic carbocycles. The lowest BCUT2D eigenvalue weighted by Crippen LogP contribution is -2.24. The molecule has 0 fully saturated rings. The van der Waals surface area contributed by atoms with Crippen LogP contribution >= 0.6 is 27.5 Å². The minimum Gasteiger partial charge on any atom is -0.351 e. The number of benzene rings is 2. The van der Waals surface area contributed by atoms with Crippen LogP contribution in [0, 0.1) is 10.1 Å². The summed E-state index contributed by atoms with van der Waals surface area (Å²) in [5, 5.41) is 13.2. The molecule has 0 aliphatic heterocycles. The second-order valence-corrected chi connectivity index (χ2v) is 7.05. The molecule has 134 valence electrons. The first kappa shape index (κ1) is 18.6. The Bertz CT molecular complexity index is 990. The molecule has 0 saturated carbocycles. The maximum atomic E-state index is 12.1. The molecule has 0 atom stereocenters. The third kappa shape index (κ3) is 3.27. The van der Waals surface area contributed by atoms with Crippen LogP contribution in [-0.2, 0) is 0 Å². The van der Waals surface area contributed by atoms with Crippen LogP contribution in [-0.4, -0.2) is 23.0 Å². The van der Waals surface area contributed by atoms with Gasteiger partial charge in [0.1, 0.15) is 0 Å². The fraction of sp³-hybridized carbons (Fsp3) is 0.211. The summed E-state index contributed by atoms with van der Waals surface area (Å²) in [5.74, 6) is 0.366. The lowest BCUT2D eigenvalue weighted by Gasteiger charge is -2.22. The van der Waals surface area contributed by atoms with Crippen molar-refractivity contribution in [1.82, 2.24) is 4.98 Å². The van der Waals surface area contributed by atoms with E-state index in [-0.39, 0.29) is 10.6 Å². The Kier molecular flexibility index (Phi) is 5.44. The highest BCUT2D eigenvalue weighted by Gasteiger charge is 2.29.